The van der Waals surface area contributed by atoms with Crippen molar-refractivity contribution in [3.63, 3.8) is 0 Å². The molecule has 4 heteroatoms. The van der Waals surface area contributed by atoms with Gasteiger partial charge in [0.05, 0.1) is 0 Å². The van der Waals surface area contributed by atoms with Gasteiger partial charge in [0.1, 0.15) is 0 Å². The number of piperazine rings is 1. The van der Waals surface area contributed by atoms with Crippen LogP contribution in [0, 0.1) is 0 Å². The highest BCUT2D eigenvalue weighted by atomic mass is 16.2. The van der Waals surface area contributed by atoms with Crippen molar-refractivity contribution in [2.24, 2.45) is 0 Å². The summed E-state index contributed by atoms with van der Waals surface area (Å²) in [4.78, 5) is 20.2. The number of nitrogens with zero attached hydrogens (tertiary/aromatic N) is 3. The van der Waals surface area contributed by atoms with Crippen LogP contribution in [0.2, 0.25) is 0 Å². The Balaban J connectivity index is 1.19. The smallest absolute Gasteiger partial charge is 0.253 e. The van der Waals surface area contributed by atoms with Gasteiger partial charge in [-0.25, -0.2) is 0 Å². The monoisotopic (exact) mass is 445 g/mol. The highest BCUT2D eigenvalue weighted by Gasteiger charge is 2.26. The molecule has 1 aliphatic carbocycles. The zero-order valence-corrected chi connectivity index (χ0v) is 20.4. The minimum absolute atomic E-state index is 0.166. The van der Waals surface area contributed by atoms with E-state index in [1.165, 1.54) is 74.0 Å². The maximum atomic E-state index is 13.0. The van der Waals surface area contributed by atoms with Crippen LogP contribution in [0.4, 0.5) is 5.69 Å². The lowest BCUT2D eigenvalue weighted by Crippen LogP contribution is -2.48. The molecule has 0 bridgehead atoms. The minimum atomic E-state index is 0.166. The second-order valence-electron chi connectivity index (χ2n) is 10.5. The van der Waals surface area contributed by atoms with Gasteiger partial charge in [0, 0.05) is 56.6 Å². The minimum Gasteiger partial charge on any atom is -0.368 e. The number of benzene rings is 2. The average Bonchev–Trinajstić information content (AvgIpc) is 3.31. The summed E-state index contributed by atoms with van der Waals surface area (Å²) in [6.07, 6.45) is 7.97. The number of carbonyl (C=O) groups excluding carboxylic acids is 1. The van der Waals surface area contributed by atoms with Crippen molar-refractivity contribution in [3.8, 4) is 0 Å². The first kappa shape index (κ1) is 22.5. The highest BCUT2D eigenvalue weighted by molar-refractivity contribution is 5.94. The molecule has 2 aromatic rings. The van der Waals surface area contributed by atoms with Crippen LogP contribution in [0.5, 0.6) is 0 Å². The van der Waals surface area contributed by atoms with E-state index < -0.39 is 0 Å². The van der Waals surface area contributed by atoms with E-state index >= 15 is 0 Å². The van der Waals surface area contributed by atoms with Gasteiger partial charge in [-0.2, -0.15) is 0 Å². The number of amides is 1. The fourth-order valence-electron chi connectivity index (χ4n) is 5.92. The molecule has 0 spiro atoms. The van der Waals surface area contributed by atoms with Crippen molar-refractivity contribution >= 4 is 11.6 Å². The van der Waals surface area contributed by atoms with Gasteiger partial charge in [0.15, 0.2) is 0 Å². The molecule has 0 atom stereocenters. The van der Waals surface area contributed by atoms with E-state index in [-0.39, 0.29) is 5.91 Å². The van der Waals surface area contributed by atoms with Gasteiger partial charge in [-0.15, -0.1) is 0 Å². The molecule has 0 radical (unpaired) electrons. The Morgan fingerprint density at radius 2 is 1.48 bits per heavy atom. The molecule has 4 nitrogen and oxygen atoms in total. The van der Waals surface area contributed by atoms with Gasteiger partial charge in [-0.3, -0.25) is 9.69 Å². The molecule has 2 aliphatic heterocycles. The molecule has 0 aromatic heterocycles. The maximum Gasteiger partial charge on any atom is 0.253 e. The summed E-state index contributed by atoms with van der Waals surface area (Å²) in [6.45, 7) is 10.2. The predicted octanol–water partition coefficient (Wildman–Crippen LogP) is 5.12. The molecule has 1 saturated carbocycles. The van der Waals surface area contributed by atoms with Crippen molar-refractivity contribution in [1.82, 2.24) is 9.80 Å². The first-order chi connectivity index (χ1) is 16.1. The van der Waals surface area contributed by atoms with Gasteiger partial charge in [-0.1, -0.05) is 44.9 Å². The first-order valence-electron chi connectivity index (χ1n) is 13.1. The lowest BCUT2D eigenvalue weighted by molar-refractivity contribution is 0.0746. The van der Waals surface area contributed by atoms with E-state index in [1.807, 2.05) is 17.0 Å². The van der Waals surface area contributed by atoms with Crippen LogP contribution < -0.4 is 4.90 Å². The van der Waals surface area contributed by atoms with Gasteiger partial charge in [0.2, 0.25) is 0 Å². The van der Waals surface area contributed by atoms with Gasteiger partial charge < -0.3 is 9.80 Å². The molecule has 176 valence electrons. The second-order valence-corrected chi connectivity index (χ2v) is 10.5. The molecule has 5 rings (SSSR count). The fourth-order valence-corrected chi connectivity index (χ4v) is 5.92. The molecule has 2 aromatic carbocycles. The molecule has 33 heavy (non-hydrogen) atoms. The van der Waals surface area contributed by atoms with Crippen LogP contribution in [-0.2, 0) is 12.8 Å². The van der Waals surface area contributed by atoms with Crippen molar-refractivity contribution in [2.75, 3.05) is 44.2 Å². The van der Waals surface area contributed by atoms with Crippen molar-refractivity contribution < 1.29 is 4.79 Å². The van der Waals surface area contributed by atoms with E-state index in [1.54, 1.807) is 0 Å². The summed E-state index contributed by atoms with van der Waals surface area (Å²) in [5.41, 5.74) is 6.50. The zero-order valence-electron chi connectivity index (χ0n) is 20.4. The van der Waals surface area contributed by atoms with E-state index in [4.69, 9.17) is 0 Å². The lowest BCUT2D eigenvalue weighted by atomic mass is 10.0. The Bertz CT molecular complexity index is 953. The van der Waals surface area contributed by atoms with E-state index in [0.717, 1.165) is 37.8 Å². The number of carbonyl (C=O) groups is 1. The topological polar surface area (TPSA) is 26.8 Å². The first-order valence-corrected chi connectivity index (χ1v) is 13.1. The average molecular weight is 446 g/mol. The van der Waals surface area contributed by atoms with Gasteiger partial charge >= 0.3 is 0 Å². The van der Waals surface area contributed by atoms with Crippen LogP contribution in [0.3, 0.4) is 0 Å². The summed E-state index contributed by atoms with van der Waals surface area (Å²) in [6, 6.07) is 16.1. The Labute approximate surface area is 199 Å². The van der Waals surface area contributed by atoms with E-state index in [9.17, 15) is 4.79 Å². The molecule has 2 fully saturated rings. The Kier molecular flexibility index (Phi) is 6.73. The third kappa shape index (κ3) is 4.96. The van der Waals surface area contributed by atoms with Crippen LogP contribution in [-0.4, -0.2) is 61.0 Å². The molecule has 1 amide bonds. The molecule has 0 N–H and O–H groups in total. The maximum absolute atomic E-state index is 13.0. The Morgan fingerprint density at radius 3 is 2.15 bits per heavy atom. The number of fused-ring (bicyclic) bond motifs is 1. The van der Waals surface area contributed by atoms with Crippen LogP contribution in [0.15, 0.2) is 42.5 Å². The Hall–Kier alpha value is -2.33. The lowest BCUT2D eigenvalue weighted by Gasteiger charge is -2.36. The zero-order chi connectivity index (χ0) is 22.8. The SMILES string of the molecule is CC(C)c1ccc(C(=O)N2CCN(c3ccc4c(c3)CCN(C3CCCC3)CC4)CC2)cc1. The number of hydrogen-bond acceptors (Lipinski definition) is 3. The molecular weight excluding hydrogens is 406 g/mol. The summed E-state index contributed by atoms with van der Waals surface area (Å²) in [5, 5.41) is 0. The third-order valence-corrected chi connectivity index (χ3v) is 8.12. The Morgan fingerprint density at radius 1 is 0.818 bits per heavy atom. The number of rotatable bonds is 4. The molecule has 2 heterocycles. The van der Waals surface area contributed by atoms with Crippen molar-refractivity contribution in [2.45, 2.75) is 64.3 Å². The van der Waals surface area contributed by atoms with Crippen LogP contribution in [0.1, 0.15) is 72.5 Å². The molecule has 1 saturated heterocycles. The normalized spacial score (nSPS) is 20.2. The summed E-state index contributed by atoms with van der Waals surface area (Å²) in [7, 11) is 0. The fraction of sp³-hybridized carbons (Fsp3) is 0.552. The van der Waals surface area contributed by atoms with Gasteiger partial charge in [-0.05, 0) is 72.6 Å². The molecular formula is C29H39N3O. The van der Waals surface area contributed by atoms with E-state index in [2.05, 4.69) is 54.0 Å². The molecule has 0 unspecified atom stereocenters. The van der Waals surface area contributed by atoms with Gasteiger partial charge in [0.25, 0.3) is 5.91 Å². The van der Waals surface area contributed by atoms with Crippen LogP contribution in [0.25, 0.3) is 0 Å². The van der Waals surface area contributed by atoms with Crippen molar-refractivity contribution in [3.05, 3.63) is 64.7 Å². The number of hydrogen-bond donors (Lipinski definition) is 0. The second kappa shape index (κ2) is 9.89. The summed E-state index contributed by atoms with van der Waals surface area (Å²) in [5.74, 6) is 0.656. The highest BCUT2D eigenvalue weighted by Crippen LogP contribution is 2.28. The van der Waals surface area contributed by atoms with E-state index in [0.29, 0.717) is 5.92 Å². The molecule has 3 aliphatic rings. The quantitative estimate of drug-likeness (QED) is 0.654. The number of anilines is 1. The summed E-state index contributed by atoms with van der Waals surface area (Å²) < 4.78 is 0. The predicted molar refractivity (Wildman–Crippen MR) is 136 cm³/mol. The standard InChI is InChI=1S/C29H39N3O/c1-22(2)23-7-9-25(10-8-23)29(33)32-19-17-31(18-20-32)28-12-11-24-13-15-30(16-14-26(24)21-28)27-5-3-4-6-27/h7-12,21-22,27H,3-6,13-20H2,1-2H3. The largest absolute Gasteiger partial charge is 0.368 e. The van der Waals surface area contributed by atoms with Crippen molar-refractivity contribution in [1.29, 1.82) is 0 Å². The third-order valence-electron chi connectivity index (χ3n) is 8.12. The summed E-state index contributed by atoms with van der Waals surface area (Å²) >= 11 is 0. The van der Waals surface area contributed by atoms with Crippen LogP contribution >= 0.6 is 0 Å².